The molecule has 63 heavy (non-hydrogen) atoms. The van der Waals surface area contributed by atoms with Gasteiger partial charge in [-0.05, 0) is 78.4 Å². The molecular weight excluding hydrogens is 817 g/mol. The molecule has 4 aliphatic rings. The van der Waals surface area contributed by atoms with Crippen LogP contribution in [0.25, 0.3) is 11.1 Å². The molecule has 0 saturated carbocycles. The SMILES string of the molecule is O=C1CCC(N2C(=O)c3cccc(NCCCCCCN4CCN(c5ccc(-c6ccc7c(c6)C(=O)N(C(C(=O)Nc6nccs6)c6ccccc6)C7)cc5)CC4)c3C2=O)C(O)N1. The number of nitrogens with one attached hydrogen (secondary N) is 3. The van der Waals surface area contributed by atoms with Gasteiger partial charge in [-0.3, -0.25) is 39.1 Å². The van der Waals surface area contributed by atoms with Crippen LogP contribution in [0.1, 0.15) is 86.8 Å². The van der Waals surface area contributed by atoms with Gasteiger partial charge in [0.1, 0.15) is 12.3 Å². The third-order valence-corrected chi connectivity index (χ3v) is 13.2. The minimum Gasteiger partial charge on any atom is -0.384 e. The first-order chi connectivity index (χ1) is 30.7. The molecule has 5 amide bonds. The number of benzene rings is 4. The minimum atomic E-state index is -1.28. The van der Waals surface area contributed by atoms with E-state index < -0.39 is 30.1 Å². The summed E-state index contributed by atoms with van der Waals surface area (Å²) >= 11 is 1.34. The lowest BCUT2D eigenvalue weighted by molar-refractivity contribution is -0.129. The number of hydrogen-bond acceptors (Lipinski definition) is 11. The molecule has 4 aromatic carbocycles. The molecule has 0 spiro atoms. The zero-order valence-electron chi connectivity index (χ0n) is 34.9. The fourth-order valence-electron chi connectivity index (χ4n) is 9.20. The average molecular weight is 867 g/mol. The smallest absolute Gasteiger partial charge is 0.264 e. The van der Waals surface area contributed by atoms with E-state index in [-0.39, 0.29) is 30.6 Å². The summed E-state index contributed by atoms with van der Waals surface area (Å²) in [6.07, 6.45) is 4.89. The number of rotatable bonds is 15. The number of hydrogen-bond donors (Lipinski definition) is 4. The Balaban J connectivity index is 0.717. The molecule has 3 atom stereocenters. The lowest BCUT2D eigenvalue weighted by atomic mass is 10.00. The summed E-state index contributed by atoms with van der Waals surface area (Å²) in [7, 11) is 0. The maximum atomic E-state index is 14.0. The first-order valence-corrected chi connectivity index (χ1v) is 22.6. The van der Waals surface area contributed by atoms with E-state index in [4.69, 9.17) is 0 Å². The predicted molar refractivity (Wildman–Crippen MR) is 241 cm³/mol. The molecule has 1 aromatic heterocycles. The first-order valence-electron chi connectivity index (χ1n) is 21.7. The predicted octanol–water partition coefficient (Wildman–Crippen LogP) is 6.13. The van der Waals surface area contributed by atoms with Gasteiger partial charge in [-0.1, -0.05) is 73.5 Å². The monoisotopic (exact) mass is 866 g/mol. The van der Waals surface area contributed by atoms with Crippen molar-refractivity contribution in [1.29, 1.82) is 0 Å². The third kappa shape index (κ3) is 8.81. The molecule has 0 bridgehead atoms. The van der Waals surface area contributed by atoms with Crippen LogP contribution < -0.4 is 20.9 Å². The van der Waals surface area contributed by atoms with Crippen LogP contribution in [0.15, 0.2) is 103 Å². The van der Waals surface area contributed by atoms with E-state index >= 15 is 0 Å². The summed E-state index contributed by atoms with van der Waals surface area (Å²) in [5.74, 6) is -1.65. The lowest BCUT2D eigenvalue weighted by Crippen LogP contribution is -2.57. The van der Waals surface area contributed by atoms with Gasteiger partial charge in [0.05, 0.1) is 17.2 Å². The number of thiazole rings is 1. The van der Waals surface area contributed by atoms with Gasteiger partial charge in [0, 0.05) is 74.2 Å². The number of carbonyl (C=O) groups is 5. The molecule has 2 saturated heterocycles. The number of aliphatic hydroxyl groups is 1. The largest absolute Gasteiger partial charge is 0.384 e. The summed E-state index contributed by atoms with van der Waals surface area (Å²) in [5.41, 5.74) is 6.67. The second-order valence-electron chi connectivity index (χ2n) is 16.5. The second kappa shape index (κ2) is 18.5. The van der Waals surface area contributed by atoms with Crippen molar-refractivity contribution in [2.75, 3.05) is 54.8 Å². The Kier molecular flexibility index (Phi) is 12.3. The molecule has 0 radical (unpaired) electrons. The van der Waals surface area contributed by atoms with Crippen LogP contribution in [0.4, 0.5) is 16.5 Å². The van der Waals surface area contributed by atoms with Crippen LogP contribution >= 0.6 is 11.3 Å². The van der Waals surface area contributed by atoms with E-state index in [1.807, 2.05) is 48.5 Å². The van der Waals surface area contributed by atoms with Crippen LogP contribution in [0.5, 0.6) is 0 Å². The number of unbranched alkanes of at least 4 members (excludes halogenated alkanes) is 3. The van der Waals surface area contributed by atoms with Crippen molar-refractivity contribution in [1.82, 2.24) is 25.0 Å². The number of nitrogens with zero attached hydrogens (tertiary/aromatic N) is 5. The normalized spacial score (nSPS) is 19.2. The highest BCUT2D eigenvalue weighted by atomic mass is 32.1. The zero-order valence-corrected chi connectivity index (χ0v) is 35.7. The highest BCUT2D eigenvalue weighted by Gasteiger charge is 2.45. The molecule has 4 N–H and O–H groups in total. The van der Waals surface area contributed by atoms with Crippen molar-refractivity contribution >= 4 is 57.4 Å². The Morgan fingerprint density at radius 3 is 2.37 bits per heavy atom. The van der Waals surface area contributed by atoms with E-state index in [1.165, 1.54) is 17.0 Å². The number of carbonyl (C=O) groups excluding carboxylic acids is 5. The van der Waals surface area contributed by atoms with Crippen LogP contribution in [0.2, 0.25) is 0 Å². The van der Waals surface area contributed by atoms with E-state index in [2.05, 4.69) is 61.1 Å². The highest BCUT2D eigenvalue weighted by molar-refractivity contribution is 7.13. The molecule has 324 valence electrons. The molecule has 4 aliphatic heterocycles. The van der Waals surface area contributed by atoms with Gasteiger partial charge in [-0.15, -0.1) is 11.3 Å². The van der Waals surface area contributed by atoms with Gasteiger partial charge in [0.15, 0.2) is 5.13 Å². The zero-order chi connectivity index (χ0) is 43.5. The number of piperidine rings is 1. The van der Waals surface area contributed by atoms with Crippen molar-refractivity contribution in [3.05, 3.63) is 130 Å². The summed E-state index contributed by atoms with van der Waals surface area (Å²) in [6, 6.07) is 27.6. The number of aromatic nitrogens is 1. The number of piperazine rings is 1. The molecule has 14 nitrogen and oxygen atoms in total. The van der Waals surface area contributed by atoms with Gasteiger partial charge in [-0.25, -0.2) is 4.98 Å². The van der Waals surface area contributed by atoms with Crippen molar-refractivity contribution < 1.29 is 29.1 Å². The van der Waals surface area contributed by atoms with Crippen LogP contribution in [0, 0.1) is 0 Å². The van der Waals surface area contributed by atoms with E-state index in [0.29, 0.717) is 40.6 Å². The van der Waals surface area contributed by atoms with E-state index in [1.54, 1.807) is 28.6 Å². The average Bonchev–Trinajstić information content (AvgIpc) is 4.00. The fraction of sp³-hybridized carbons (Fsp3) is 0.333. The first kappa shape index (κ1) is 41.9. The number of imide groups is 1. The van der Waals surface area contributed by atoms with Crippen molar-refractivity contribution in [3.63, 3.8) is 0 Å². The van der Waals surface area contributed by atoms with Crippen LogP contribution in [-0.2, 0) is 16.1 Å². The summed E-state index contributed by atoms with van der Waals surface area (Å²) in [4.78, 5) is 77.7. The minimum absolute atomic E-state index is 0.147. The molecule has 0 aliphatic carbocycles. The van der Waals surface area contributed by atoms with Crippen LogP contribution in [-0.4, -0.2) is 106 Å². The number of amides is 5. The molecule has 3 unspecified atom stereocenters. The van der Waals surface area contributed by atoms with Crippen molar-refractivity contribution in [3.8, 4) is 11.1 Å². The van der Waals surface area contributed by atoms with Crippen molar-refractivity contribution in [2.45, 2.75) is 63.4 Å². The molecule has 15 heteroatoms. The second-order valence-corrected chi connectivity index (χ2v) is 17.4. The summed E-state index contributed by atoms with van der Waals surface area (Å²) < 4.78 is 0. The number of aliphatic hydroxyl groups excluding tert-OH is 1. The highest BCUT2D eigenvalue weighted by Crippen LogP contribution is 2.36. The topological polar surface area (TPSA) is 168 Å². The Morgan fingerprint density at radius 1 is 0.825 bits per heavy atom. The maximum Gasteiger partial charge on any atom is 0.264 e. The quantitative estimate of drug-likeness (QED) is 0.0710. The van der Waals surface area contributed by atoms with Crippen LogP contribution in [0.3, 0.4) is 0 Å². The maximum absolute atomic E-state index is 14.0. The molecule has 5 aromatic rings. The number of fused-ring (bicyclic) bond motifs is 2. The third-order valence-electron chi connectivity index (χ3n) is 12.6. The standard InChI is InChI=1S/C48H50N8O6S/c57-40-20-19-39(43(58)51-40)56-46(61)36-11-8-12-38(41(36)47(56)62)49-21-6-1-2-7-23-53-24-26-54(27-25-53)35-17-15-31(16-18-35)33-13-14-34-30-55(45(60)37(34)29-33)42(32-9-4-3-5-10-32)44(59)52-48-50-22-28-63-48/h3-5,8-18,22,28-29,39,42-43,49,58H,1-2,6-7,19-21,23-27,30H2,(H,51,57)(H,50,52,59). The van der Waals surface area contributed by atoms with E-state index in [0.717, 1.165) is 85.6 Å². The summed E-state index contributed by atoms with van der Waals surface area (Å²) in [6.45, 7) is 5.93. The van der Waals surface area contributed by atoms with Gasteiger partial charge in [-0.2, -0.15) is 0 Å². The van der Waals surface area contributed by atoms with E-state index in [9.17, 15) is 29.1 Å². The molecular formula is C48H50N8O6S. The molecule has 9 rings (SSSR count). The summed E-state index contributed by atoms with van der Waals surface area (Å²) in [5, 5.41) is 21.4. The molecule has 2 fully saturated rings. The Hall–Kier alpha value is -6.42. The molecule has 5 heterocycles. The number of anilines is 3. The Morgan fingerprint density at radius 2 is 1.60 bits per heavy atom. The van der Waals surface area contributed by atoms with Gasteiger partial charge in [0.2, 0.25) is 5.91 Å². The fourth-order valence-corrected chi connectivity index (χ4v) is 9.73. The van der Waals surface area contributed by atoms with Gasteiger partial charge >= 0.3 is 0 Å². The Labute approximate surface area is 369 Å². The Bertz CT molecular complexity index is 2490. The van der Waals surface area contributed by atoms with Crippen molar-refractivity contribution in [2.24, 2.45) is 0 Å². The van der Waals surface area contributed by atoms with Gasteiger partial charge < -0.3 is 25.5 Å². The van der Waals surface area contributed by atoms with Gasteiger partial charge in [0.25, 0.3) is 23.6 Å². The lowest BCUT2D eigenvalue weighted by Gasteiger charge is -2.36.